The lowest BCUT2D eigenvalue weighted by atomic mass is 9.97. The number of nitrogens with zero attached hydrogens (tertiary/aromatic N) is 8. The summed E-state index contributed by atoms with van der Waals surface area (Å²) in [4.78, 5) is 77.1. The van der Waals surface area contributed by atoms with Gasteiger partial charge in [-0.25, -0.2) is 29.5 Å². The molecule has 67 heavy (non-hydrogen) atoms. The molecule has 4 N–H and O–H groups in total. The molecule has 0 aliphatic carbocycles. The average Bonchev–Trinajstić information content (AvgIpc) is 3.94. The SMILES string of the molecule is C.CCCNC(=O)Nc1ccc(-c2nc3c(c(N4CCOCC4)n2)CCN2C(=O)CCC32)cc1.CCCNC(=O)Nc1ccc(-c2nc3c(c(N4CCOCC4)n2)CCN2C(=O)CCC32)cc1. The Kier molecular flexibility index (Phi) is 15.1. The van der Waals surface area contributed by atoms with Crippen LogP contribution >= 0.6 is 0 Å². The molecule has 2 atom stereocenters. The molecule has 0 saturated carbocycles. The number of carbonyl (C=O) groups is 4. The highest BCUT2D eigenvalue weighted by Gasteiger charge is 2.41. The van der Waals surface area contributed by atoms with Gasteiger partial charge in [-0.15, -0.1) is 0 Å². The molecule has 356 valence electrons. The predicted octanol–water partition coefficient (Wildman–Crippen LogP) is 6.10. The maximum absolute atomic E-state index is 12.4. The Morgan fingerprint density at radius 1 is 0.567 bits per heavy atom. The Balaban J connectivity index is 0.000000179. The Bertz CT molecular complexity index is 2240. The average molecular weight is 917 g/mol. The number of amides is 6. The van der Waals surface area contributed by atoms with E-state index in [4.69, 9.17) is 29.4 Å². The van der Waals surface area contributed by atoms with Crippen molar-refractivity contribution >= 4 is 46.9 Å². The van der Waals surface area contributed by atoms with Gasteiger partial charge >= 0.3 is 12.1 Å². The third-order valence-corrected chi connectivity index (χ3v) is 13.0. The van der Waals surface area contributed by atoms with Gasteiger partial charge in [0.05, 0.1) is 49.9 Å². The molecule has 18 heteroatoms. The van der Waals surface area contributed by atoms with Crippen LogP contribution in [-0.2, 0) is 31.9 Å². The molecule has 18 nitrogen and oxygen atoms in total. The number of anilines is 4. The highest BCUT2D eigenvalue weighted by Crippen LogP contribution is 2.43. The molecule has 2 aromatic heterocycles. The summed E-state index contributed by atoms with van der Waals surface area (Å²) in [6.45, 7) is 12.7. The topological polar surface area (TPSA) is 199 Å². The second-order valence-electron chi connectivity index (χ2n) is 17.4. The number of nitrogens with one attached hydrogen (secondary N) is 4. The van der Waals surface area contributed by atoms with Gasteiger partial charge in [-0.2, -0.15) is 0 Å². The fourth-order valence-corrected chi connectivity index (χ4v) is 9.63. The lowest BCUT2D eigenvalue weighted by Gasteiger charge is -2.36. The third-order valence-electron chi connectivity index (χ3n) is 13.0. The molecule has 0 spiro atoms. The summed E-state index contributed by atoms with van der Waals surface area (Å²) in [5.74, 6) is 3.68. The molecule has 2 unspecified atom stereocenters. The molecular weight excluding hydrogens is 853 g/mol. The summed E-state index contributed by atoms with van der Waals surface area (Å²) >= 11 is 0. The van der Waals surface area contributed by atoms with Crippen LogP contribution in [0, 0.1) is 0 Å². The van der Waals surface area contributed by atoms with Crippen LogP contribution in [-0.4, -0.2) is 132 Å². The number of aromatic nitrogens is 4. The number of morpholine rings is 2. The zero-order valence-corrected chi connectivity index (χ0v) is 37.9. The fraction of sp³-hybridized carbons (Fsp3) is 0.510. The number of rotatable bonds is 10. The van der Waals surface area contributed by atoms with E-state index in [1.807, 2.05) is 72.2 Å². The van der Waals surface area contributed by atoms with Crippen LogP contribution in [0.25, 0.3) is 22.8 Å². The van der Waals surface area contributed by atoms with E-state index >= 15 is 0 Å². The smallest absolute Gasteiger partial charge is 0.319 e. The lowest BCUT2D eigenvalue weighted by Crippen LogP contribution is -2.40. The van der Waals surface area contributed by atoms with Crippen LogP contribution in [0.2, 0.25) is 0 Å². The fourth-order valence-electron chi connectivity index (χ4n) is 9.63. The van der Waals surface area contributed by atoms with Crippen molar-refractivity contribution in [2.45, 2.75) is 84.7 Å². The first-order chi connectivity index (χ1) is 32.3. The minimum Gasteiger partial charge on any atom is -0.378 e. The number of ether oxygens (including phenoxy) is 2. The molecule has 2 aromatic carbocycles. The molecule has 6 aliphatic rings. The first-order valence-electron chi connectivity index (χ1n) is 23.6. The van der Waals surface area contributed by atoms with Crippen molar-refractivity contribution in [1.29, 1.82) is 0 Å². The maximum atomic E-state index is 12.4. The Labute approximate surface area is 392 Å². The monoisotopic (exact) mass is 917 g/mol. The summed E-state index contributed by atoms with van der Waals surface area (Å²) in [6, 6.07) is 14.8. The first kappa shape index (κ1) is 47.1. The first-order valence-corrected chi connectivity index (χ1v) is 23.6. The van der Waals surface area contributed by atoms with Gasteiger partial charge in [-0.1, -0.05) is 21.3 Å². The van der Waals surface area contributed by atoms with Crippen LogP contribution < -0.4 is 31.1 Å². The Hall–Kier alpha value is -6.40. The predicted molar refractivity (Wildman–Crippen MR) is 257 cm³/mol. The van der Waals surface area contributed by atoms with Gasteiger partial charge < -0.3 is 50.3 Å². The van der Waals surface area contributed by atoms with Crippen molar-refractivity contribution in [2.24, 2.45) is 0 Å². The zero-order valence-electron chi connectivity index (χ0n) is 37.9. The van der Waals surface area contributed by atoms with Crippen molar-refractivity contribution in [1.82, 2.24) is 40.4 Å². The second kappa shape index (κ2) is 21.5. The van der Waals surface area contributed by atoms with Gasteiger partial charge in [0.15, 0.2) is 11.6 Å². The molecule has 4 aromatic rings. The van der Waals surface area contributed by atoms with Gasteiger partial charge in [-0.3, -0.25) is 9.59 Å². The summed E-state index contributed by atoms with van der Waals surface area (Å²) in [7, 11) is 0. The summed E-state index contributed by atoms with van der Waals surface area (Å²) in [5.41, 5.74) is 7.50. The molecule has 0 radical (unpaired) electrons. The minimum absolute atomic E-state index is 0. The molecule has 10 rings (SSSR count). The number of urea groups is 2. The van der Waals surface area contributed by atoms with E-state index in [1.165, 1.54) is 11.1 Å². The van der Waals surface area contributed by atoms with Crippen molar-refractivity contribution in [3.05, 3.63) is 71.0 Å². The van der Waals surface area contributed by atoms with Crippen LogP contribution in [0.4, 0.5) is 32.6 Å². The molecule has 6 aliphatic heterocycles. The lowest BCUT2D eigenvalue weighted by molar-refractivity contribution is -0.130. The van der Waals surface area contributed by atoms with Crippen molar-refractivity contribution in [3.8, 4) is 22.8 Å². The number of hydrogen-bond acceptors (Lipinski definition) is 12. The van der Waals surface area contributed by atoms with Crippen molar-refractivity contribution in [3.63, 3.8) is 0 Å². The highest BCUT2D eigenvalue weighted by molar-refractivity contribution is 5.90. The van der Waals surface area contributed by atoms with Crippen LogP contribution in [0.15, 0.2) is 48.5 Å². The third kappa shape index (κ3) is 10.4. The largest absolute Gasteiger partial charge is 0.378 e. The molecule has 0 bridgehead atoms. The standard InChI is InChI=1S/2C24H30N6O3.CH4/c2*1-2-10-25-24(32)26-17-5-3-16(4-6-17)22-27-21-18(9-11-30-19(21)7-8-20(30)31)23(28-22)29-12-14-33-15-13-29;/h2*3-6,19H,2,7-15H2,1H3,(H2,25,26,32);1H4. The van der Waals surface area contributed by atoms with E-state index in [9.17, 15) is 19.2 Å². The van der Waals surface area contributed by atoms with Crippen LogP contribution in [0.3, 0.4) is 0 Å². The highest BCUT2D eigenvalue weighted by atomic mass is 16.5. The molecular formula is C49H64N12O6. The maximum Gasteiger partial charge on any atom is 0.319 e. The summed E-state index contributed by atoms with van der Waals surface area (Å²) in [6.07, 6.45) is 6.10. The van der Waals surface area contributed by atoms with E-state index in [2.05, 4.69) is 31.1 Å². The molecule has 6 amide bonds. The Morgan fingerprint density at radius 2 is 0.955 bits per heavy atom. The van der Waals surface area contributed by atoms with Gasteiger partial charge in [0.25, 0.3) is 0 Å². The van der Waals surface area contributed by atoms with Crippen molar-refractivity contribution in [2.75, 3.05) is 99.2 Å². The number of fused-ring (bicyclic) bond motifs is 6. The number of carbonyl (C=O) groups excluding carboxylic acids is 4. The summed E-state index contributed by atoms with van der Waals surface area (Å²) < 4.78 is 11.1. The molecule has 4 saturated heterocycles. The zero-order chi connectivity index (χ0) is 45.6. The molecule has 8 heterocycles. The number of hydrogen-bond donors (Lipinski definition) is 4. The minimum atomic E-state index is -0.213. The van der Waals surface area contributed by atoms with Crippen LogP contribution in [0.1, 0.15) is 94.4 Å². The van der Waals surface area contributed by atoms with Gasteiger partial charge in [-0.05, 0) is 87.1 Å². The van der Waals surface area contributed by atoms with Crippen LogP contribution in [0.5, 0.6) is 0 Å². The van der Waals surface area contributed by atoms with Crippen molar-refractivity contribution < 1.29 is 28.7 Å². The number of benzene rings is 2. The molecule has 4 fully saturated rings. The normalized spacial score (nSPS) is 19.5. The quantitative estimate of drug-likeness (QED) is 0.143. The van der Waals surface area contributed by atoms with E-state index in [1.54, 1.807) is 0 Å². The van der Waals surface area contributed by atoms with E-state index in [-0.39, 0.29) is 43.4 Å². The van der Waals surface area contributed by atoms with Gasteiger partial charge in [0.2, 0.25) is 11.8 Å². The summed E-state index contributed by atoms with van der Waals surface area (Å²) in [5, 5.41) is 11.3. The van der Waals surface area contributed by atoms with E-state index < -0.39 is 0 Å². The van der Waals surface area contributed by atoms with Gasteiger partial charge in [0.1, 0.15) is 11.6 Å². The Morgan fingerprint density at radius 3 is 1.33 bits per heavy atom. The second-order valence-corrected chi connectivity index (χ2v) is 17.4. The van der Waals surface area contributed by atoms with E-state index in [0.29, 0.717) is 75.4 Å². The van der Waals surface area contributed by atoms with Gasteiger partial charge in [0, 0.05) is 98.8 Å². The van der Waals surface area contributed by atoms with E-state index in [0.717, 1.165) is 112 Å².